The molecule has 1 N–H and O–H groups in total. The van der Waals surface area contributed by atoms with E-state index in [4.69, 9.17) is 16.3 Å². The minimum atomic E-state index is -0.486. The summed E-state index contributed by atoms with van der Waals surface area (Å²) in [6.07, 6.45) is 4.41. The maximum atomic E-state index is 13.4. The number of rotatable bonds is 5. The van der Waals surface area contributed by atoms with Crippen LogP contribution in [0.2, 0.25) is 5.02 Å². The lowest BCUT2D eigenvalue weighted by Crippen LogP contribution is -2.08. The van der Waals surface area contributed by atoms with Gasteiger partial charge in [-0.1, -0.05) is 17.7 Å². The third-order valence-corrected chi connectivity index (χ3v) is 4.35. The maximum absolute atomic E-state index is 13.4. The van der Waals surface area contributed by atoms with E-state index in [9.17, 15) is 4.39 Å². The van der Waals surface area contributed by atoms with E-state index in [0.717, 1.165) is 0 Å². The molecule has 2 aromatic heterocycles. The van der Waals surface area contributed by atoms with Gasteiger partial charge in [0.15, 0.2) is 11.9 Å². The van der Waals surface area contributed by atoms with Crippen LogP contribution in [-0.4, -0.2) is 19.9 Å². The van der Waals surface area contributed by atoms with E-state index >= 15 is 0 Å². The molecule has 0 radical (unpaired) electrons. The molecule has 4 aromatic rings. The van der Waals surface area contributed by atoms with Crippen molar-refractivity contribution in [3.05, 3.63) is 77.8 Å². The van der Waals surface area contributed by atoms with Crippen LogP contribution in [-0.2, 0) is 0 Å². The molecule has 0 aliphatic carbocycles. The Hall–Kier alpha value is -3.32. The molecule has 4 rings (SSSR count). The molecule has 2 heterocycles. The van der Waals surface area contributed by atoms with Gasteiger partial charge in [0.1, 0.15) is 23.7 Å². The molecule has 8 heteroatoms. The number of benzene rings is 2. The van der Waals surface area contributed by atoms with E-state index in [1.807, 2.05) is 25.1 Å². The fourth-order valence-electron chi connectivity index (χ4n) is 2.75. The lowest BCUT2D eigenvalue weighted by molar-refractivity contribution is 0.219. The molecule has 0 saturated carbocycles. The van der Waals surface area contributed by atoms with Crippen LogP contribution in [0.4, 0.5) is 15.9 Å². The largest absolute Gasteiger partial charge is 0.482 e. The van der Waals surface area contributed by atoms with Crippen LogP contribution < -0.4 is 10.1 Å². The lowest BCUT2D eigenvalue weighted by atomic mass is 10.2. The third-order valence-electron chi connectivity index (χ3n) is 4.06. The highest BCUT2D eigenvalue weighted by atomic mass is 35.5. The molecule has 0 fully saturated rings. The molecule has 28 heavy (non-hydrogen) atoms. The zero-order valence-electron chi connectivity index (χ0n) is 14.8. The summed E-state index contributed by atoms with van der Waals surface area (Å²) in [5.41, 5.74) is 1.30. The minimum Gasteiger partial charge on any atom is -0.482 e. The van der Waals surface area contributed by atoms with E-state index in [-0.39, 0.29) is 11.1 Å². The van der Waals surface area contributed by atoms with Crippen LogP contribution in [0, 0.1) is 5.82 Å². The normalized spacial score (nSPS) is 12.0. The number of halogens is 2. The van der Waals surface area contributed by atoms with E-state index in [1.165, 1.54) is 18.5 Å². The standard InChI is InChI=1S/C20H15ClFN5O/c1-12(19-23-8-3-9-24-19)28-17-5-2-4-16-18(17)20(26-11-25-16)27-13-6-7-15(22)14(21)10-13/h2-12H,1H3,(H,25,26,27)/t12-/m0/s1. The Morgan fingerprint density at radius 1 is 1.04 bits per heavy atom. The molecular formula is C20H15ClFN5O. The van der Waals surface area contributed by atoms with Crippen LogP contribution in [0.3, 0.4) is 0 Å². The molecule has 0 unspecified atom stereocenters. The summed E-state index contributed by atoms with van der Waals surface area (Å²) in [5, 5.41) is 3.87. The number of anilines is 2. The third kappa shape index (κ3) is 3.70. The second-order valence-electron chi connectivity index (χ2n) is 5.99. The number of aromatic nitrogens is 4. The Labute approximate surface area is 165 Å². The van der Waals surface area contributed by atoms with Crippen molar-refractivity contribution in [1.82, 2.24) is 19.9 Å². The van der Waals surface area contributed by atoms with Gasteiger partial charge >= 0.3 is 0 Å². The zero-order chi connectivity index (χ0) is 19.5. The molecule has 0 aliphatic rings. The Bertz CT molecular complexity index is 1120. The van der Waals surface area contributed by atoms with Gasteiger partial charge in [0.25, 0.3) is 0 Å². The number of fused-ring (bicyclic) bond motifs is 1. The monoisotopic (exact) mass is 395 g/mol. The Morgan fingerprint density at radius 2 is 1.86 bits per heavy atom. The van der Waals surface area contributed by atoms with E-state index in [1.54, 1.807) is 24.5 Å². The van der Waals surface area contributed by atoms with Crippen molar-refractivity contribution in [2.75, 3.05) is 5.32 Å². The van der Waals surface area contributed by atoms with Gasteiger partial charge in [-0.15, -0.1) is 0 Å². The Kier molecular flexibility index (Phi) is 4.99. The Balaban J connectivity index is 1.72. The predicted molar refractivity (Wildman–Crippen MR) is 105 cm³/mol. The van der Waals surface area contributed by atoms with E-state index in [2.05, 4.69) is 25.3 Å². The lowest BCUT2D eigenvalue weighted by Gasteiger charge is -2.16. The molecule has 140 valence electrons. The smallest absolute Gasteiger partial charge is 0.168 e. The van der Waals surface area contributed by atoms with Gasteiger partial charge in [0, 0.05) is 18.1 Å². The summed E-state index contributed by atoms with van der Waals surface area (Å²) < 4.78 is 19.5. The average molecular weight is 396 g/mol. The zero-order valence-corrected chi connectivity index (χ0v) is 15.6. The number of hydrogen-bond acceptors (Lipinski definition) is 6. The van der Waals surface area contributed by atoms with Crippen LogP contribution in [0.5, 0.6) is 5.75 Å². The number of nitrogens with zero attached hydrogens (tertiary/aromatic N) is 4. The highest BCUT2D eigenvalue weighted by Crippen LogP contribution is 2.34. The molecule has 1 atom stereocenters. The van der Waals surface area contributed by atoms with Crippen molar-refractivity contribution in [3.63, 3.8) is 0 Å². The molecule has 0 saturated heterocycles. The van der Waals surface area contributed by atoms with Crippen molar-refractivity contribution in [2.45, 2.75) is 13.0 Å². The summed E-state index contributed by atoms with van der Waals surface area (Å²) in [6, 6.07) is 11.7. The maximum Gasteiger partial charge on any atom is 0.168 e. The fraction of sp³-hybridized carbons (Fsp3) is 0.100. The summed E-state index contributed by atoms with van der Waals surface area (Å²) in [5.74, 6) is 1.18. The first kappa shape index (κ1) is 18.1. The molecule has 0 amide bonds. The van der Waals surface area contributed by atoms with Crippen molar-refractivity contribution >= 4 is 34.0 Å². The van der Waals surface area contributed by atoms with Crippen molar-refractivity contribution in [3.8, 4) is 5.75 Å². The molecular weight excluding hydrogens is 381 g/mol. The quantitative estimate of drug-likeness (QED) is 0.507. The molecule has 6 nitrogen and oxygen atoms in total. The first-order chi connectivity index (χ1) is 13.6. The van der Waals surface area contributed by atoms with Gasteiger partial charge in [-0.2, -0.15) is 0 Å². The van der Waals surface area contributed by atoms with Crippen molar-refractivity contribution < 1.29 is 9.13 Å². The number of ether oxygens (including phenoxy) is 1. The highest BCUT2D eigenvalue weighted by molar-refractivity contribution is 6.31. The van der Waals surface area contributed by atoms with Gasteiger partial charge < -0.3 is 10.1 Å². The van der Waals surface area contributed by atoms with Gasteiger partial charge in [0.05, 0.1) is 15.9 Å². The minimum absolute atomic E-state index is 0.0229. The molecule has 0 aliphatic heterocycles. The second kappa shape index (κ2) is 7.74. The van der Waals surface area contributed by atoms with Crippen LogP contribution >= 0.6 is 11.6 Å². The SMILES string of the molecule is C[C@H](Oc1cccc2ncnc(Nc3ccc(F)c(Cl)c3)c12)c1ncccn1. The second-order valence-corrected chi connectivity index (χ2v) is 6.40. The molecule has 2 aromatic carbocycles. The van der Waals surface area contributed by atoms with E-state index in [0.29, 0.717) is 34.0 Å². The predicted octanol–water partition coefficient (Wildman–Crippen LogP) is 5.10. The van der Waals surface area contributed by atoms with Gasteiger partial charge in [0.2, 0.25) is 0 Å². The summed E-state index contributed by atoms with van der Waals surface area (Å²) in [4.78, 5) is 17.1. The summed E-state index contributed by atoms with van der Waals surface area (Å²) >= 11 is 5.88. The van der Waals surface area contributed by atoms with Gasteiger partial charge in [-0.05, 0) is 43.3 Å². The fourth-order valence-corrected chi connectivity index (χ4v) is 2.93. The van der Waals surface area contributed by atoms with Crippen molar-refractivity contribution in [1.29, 1.82) is 0 Å². The highest BCUT2D eigenvalue weighted by Gasteiger charge is 2.15. The topological polar surface area (TPSA) is 72.8 Å². The van der Waals surface area contributed by atoms with Gasteiger partial charge in [-0.25, -0.2) is 24.3 Å². The Morgan fingerprint density at radius 3 is 2.64 bits per heavy atom. The van der Waals surface area contributed by atoms with Crippen molar-refractivity contribution in [2.24, 2.45) is 0 Å². The summed E-state index contributed by atoms with van der Waals surface area (Å²) in [7, 11) is 0. The average Bonchev–Trinajstić information content (AvgIpc) is 2.72. The molecule has 0 bridgehead atoms. The van der Waals surface area contributed by atoms with E-state index < -0.39 is 5.82 Å². The number of nitrogens with one attached hydrogen (secondary N) is 1. The number of hydrogen-bond donors (Lipinski definition) is 1. The first-order valence-corrected chi connectivity index (χ1v) is 8.89. The summed E-state index contributed by atoms with van der Waals surface area (Å²) in [6.45, 7) is 1.87. The van der Waals surface area contributed by atoms with Crippen LogP contribution in [0.15, 0.2) is 61.2 Å². The van der Waals surface area contributed by atoms with Crippen LogP contribution in [0.1, 0.15) is 18.9 Å². The van der Waals surface area contributed by atoms with Crippen LogP contribution in [0.25, 0.3) is 10.9 Å². The van der Waals surface area contributed by atoms with Gasteiger partial charge in [-0.3, -0.25) is 0 Å². The first-order valence-electron chi connectivity index (χ1n) is 8.51. The molecule has 0 spiro atoms.